The van der Waals surface area contributed by atoms with Crippen molar-refractivity contribution in [3.05, 3.63) is 60.2 Å². The Balaban J connectivity index is 2.21. The highest BCUT2D eigenvalue weighted by molar-refractivity contribution is 5.91. The van der Waals surface area contributed by atoms with Crippen LogP contribution >= 0.6 is 0 Å². The lowest BCUT2D eigenvalue weighted by Gasteiger charge is -2.31. The van der Waals surface area contributed by atoms with Crippen molar-refractivity contribution < 1.29 is 23.1 Å². The zero-order valence-corrected chi connectivity index (χ0v) is 11.2. The first kappa shape index (κ1) is 15.9. The quantitative estimate of drug-likeness (QED) is 0.900. The summed E-state index contributed by atoms with van der Waals surface area (Å²) in [6.07, 6.45) is -1.27. The molecule has 2 N–H and O–H groups in total. The number of carbonyl (C=O) groups is 1. The number of aromatic nitrogens is 2. The van der Waals surface area contributed by atoms with Crippen molar-refractivity contribution in [2.45, 2.75) is 11.8 Å². The smallest absolute Gasteiger partial charge is 0.375 e. The van der Waals surface area contributed by atoms with Crippen molar-refractivity contribution >= 4 is 5.91 Å². The Morgan fingerprint density at radius 2 is 1.86 bits per heavy atom. The number of hydrogen-bond acceptors (Lipinski definition) is 4. The third-order valence-electron chi connectivity index (χ3n) is 3.02. The van der Waals surface area contributed by atoms with Crippen LogP contribution in [0.15, 0.2) is 48.9 Å². The van der Waals surface area contributed by atoms with E-state index < -0.39 is 24.2 Å². The largest absolute Gasteiger partial charge is 0.423 e. The lowest BCUT2D eigenvalue weighted by molar-refractivity contribution is -0.263. The van der Waals surface area contributed by atoms with Gasteiger partial charge in [0.25, 0.3) is 5.91 Å². The van der Waals surface area contributed by atoms with Gasteiger partial charge in [0.05, 0.1) is 12.7 Å². The average Bonchev–Trinajstić information content (AvgIpc) is 2.53. The molecule has 0 fully saturated rings. The molecule has 0 saturated heterocycles. The van der Waals surface area contributed by atoms with Gasteiger partial charge in [0, 0.05) is 12.4 Å². The molecule has 0 aliphatic carbocycles. The van der Waals surface area contributed by atoms with Gasteiger partial charge in [-0.3, -0.25) is 9.78 Å². The molecule has 1 atom stereocenters. The van der Waals surface area contributed by atoms with E-state index in [1.807, 2.05) is 5.32 Å². The van der Waals surface area contributed by atoms with Crippen molar-refractivity contribution in [1.29, 1.82) is 0 Å². The fraction of sp³-hybridized carbons (Fsp3) is 0.214. The molecule has 0 spiro atoms. The van der Waals surface area contributed by atoms with E-state index in [1.165, 1.54) is 30.6 Å². The first-order valence-electron chi connectivity index (χ1n) is 6.23. The van der Waals surface area contributed by atoms with Crippen molar-refractivity contribution in [3.63, 3.8) is 0 Å². The Morgan fingerprint density at radius 1 is 1.18 bits per heavy atom. The molecule has 0 aliphatic heterocycles. The topological polar surface area (TPSA) is 75.1 Å². The number of aliphatic hydroxyl groups is 1. The molecule has 0 aliphatic rings. The number of halogens is 3. The summed E-state index contributed by atoms with van der Waals surface area (Å²) in [7, 11) is 0. The van der Waals surface area contributed by atoms with Gasteiger partial charge >= 0.3 is 6.18 Å². The number of hydrogen-bond donors (Lipinski definition) is 2. The van der Waals surface area contributed by atoms with Crippen LogP contribution in [0.25, 0.3) is 0 Å². The second-order valence-electron chi connectivity index (χ2n) is 4.50. The molecular weight excluding hydrogens is 299 g/mol. The standard InChI is InChI=1S/C14H12F3N3O2/c15-14(16,17)13(22,10-4-2-1-3-5-10)9-20-12(21)11-8-18-6-7-19-11/h1-8,22H,9H2,(H,20,21)/t13-/m1/s1. The lowest BCUT2D eigenvalue weighted by atomic mass is 9.93. The highest BCUT2D eigenvalue weighted by Gasteiger charge is 2.55. The van der Waals surface area contributed by atoms with Gasteiger partial charge in [-0.15, -0.1) is 0 Å². The van der Waals surface area contributed by atoms with E-state index in [1.54, 1.807) is 0 Å². The molecule has 0 bridgehead atoms. The van der Waals surface area contributed by atoms with E-state index >= 15 is 0 Å². The molecular formula is C14H12F3N3O2. The molecule has 5 nitrogen and oxygen atoms in total. The Bertz CT molecular complexity index is 635. The Kier molecular flexibility index (Phi) is 4.41. The monoisotopic (exact) mass is 311 g/mol. The number of alkyl halides is 3. The van der Waals surface area contributed by atoms with Gasteiger partial charge < -0.3 is 10.4 Å². The normalized spacial score (nSPS) is 14.2. The van der Waals surface area contributed by atoms with Gasteiger partial charge in [-0.2, -0.15) is 13.2 Å². The number of benzene rings is 1. The Hall–Kier alpha value is -2.48. The number of rotatable bonds is 4. The van der Waals surface area contributed by atoms with Crippen LogP contribution in [0, 0.1) is 0 Å². The summed E-state index contributed by atoms with van der Waals surface area (Å²) in [5.41, 5.74) is -3.69. The van der Waals surface area contributed by atoms with Gasteiger partial charge in [0.15, 0.2) is 0 Å². The van der Waals surface area contributed by atoms with Gasteiger partial charge in [0.1, 0.15) is 5.69 Å². The predicted molar refractivity (Wildman–Crippen MR) is 70.8 cm³/mol. The molecule has 1 aromatic carbocycles. The van der Waals surface area contributed by atoms with Crippen LogP contribution in [0.5, 0.6) is 0 Å². The summed E-state index contributed by atoms with van der Waals surface area (Å²) < 4.78 is 39.6. The Morgan fingerprint density at radius 3 is 2.41 bits per heavy atom. The van der Waals surface area contributed by atoms with E-state index in [0.717, 1.165) is 18.3 Å². The molecule has 0 unspecified atom stereocenters. The van der Waals surface area contributed by atoms with E-state index in [9.17, 15) is 23.1 Å². The fourth-order valence-electron chi connectivity index (χ4n) is 1.79. The number of carbonyl (C=O) groups excluding carboxylic acids is 1. The number of amides is 1. The van der Waals surface area contributed by atoms with Gasteiger partial charge in [0.2, 0.25) is 5.60 Å². The summed E-state index contributed by atoms with van der Waals surface area (Å²) in [6.45, 7) is -1.03. The average molecular weight is 311 g/mol. The molecule has 2 rings (SSSR count). The number of nitrogens with zero attached hydrogens (tertiary/aromatic N) is 2. The number of nitrogens with one attached hydrogen (secondary N) is 1. The summed E-state index contributed by atoms with van der Waals surface area (Å²) in [5, 5.41) is 12.1. The SMILES string of the molecule is O=C(NC[C@@](O)(c1ccccc1)C(F)(F)F)c1cnccn1. The predicted octanol–water partition coefficient (Wildman–Crippen LogP) is 1.66. The summed E-state index contributed by atoms with van der Waals surface area (Å²) in [6, 6.07) is 6.55. The molecule has 116 valence electrons. The second-order valence-corrected chi connectivity index (χ2v) is 4.50. The first-order chi connectivity index (χ1) is 10.3. The van der Waals surface area contributed by atoms with E-state index in [4.69, 9.17) is 0 Å². The summed E-state index contributed by atoms with van der Waals surface area (Å²) in [4.78, 5) is 19.1. The maximum absolute atomic E-state index is 13.2. The maximum Gasteiger partial charge on any atom is 0.423 e. The van der Waals surface area contributed by atoms with E-state index in [2.05, 4.69) is 9.97 Å². The molecule has 1 aromatic heterocycles. The molecule has 1 amide bonds. The molecule has 2 aromatic rings. The van der Waals surface area contributed by atoms with Crippen molar-refractivity contribution in [3.8, 4) is 0 Å². The van der Waals surface area contributed by atoms with Crippen molar-refractivity contribution in [2.75, 3.05) is 6.54 Å². The fourth-order valence-corrected chi connectivity index (χ4v) is 1.79. The minimum absolute atomic E-state index is 0.139. The minimum atomic E-state index is -4.95. The van der Waals surface area contributed by atoms with E-state index in [0.29, 0.717) is 0 Å². The zero-order valence-electron chi connectivity index (χ0n) is 11.2. The second kappa shape index (κ2) is 6.10. The van der Waals surface area contributed by atoms with Crippen LogP contribution in [-0.2, 0) is 5.60 Å². The van der Waals surface area contributed by atoms with Gasteiger partial charge in [-0.05, 0) is 5.56 Å². The van der Waals surface area contributed by atoms with Crippen LogP contribution in [-0.4, -0.2) is 33.7 Å². The molecule has 22 heavy (non-hydrogen) atoms. The van der Waals surface area contributed by atoms with Crippen LogP contribution in [0.4, 0.5) is 13.2 Å². The Labute approximate surface area is 123 Å². The minimum Gasteiger partial charge on any atom is -0.375 e. The molecule has 1 heterocycles. The van der Waals surface area contributed by atoms with Gasteiger partial charge in [-0.1, -0.05) is 30.3 Å². The third-order valence-corrected chi connectivity index (χ3v) is 3.02. The first-order valence-corrected chi connectivity index (χ1v) is 6.23. The summed E-state index contributed by atoms with van der Waals surface area (Å²) >= 11 is 0. The van der Waals surface area contributed by atoms with Crippen molar-refractivity contribution in [2.24, 2.45) is 0 Å². The molecule has 8 heteroatoms. The summed E-state index contributed by atoms with van der Waals surface area (Å²) in [5.74, 6) is -0.855. The van der Waals surface area contributed by atoms with Crippen LogP contribution in [0.1, 0.15) is 16.1 Å². The van der Waals surface area contributed by atoms with E-state index in [-0.39, 0.29) is 11.3 Å². The maximum atomic E-state index is 13.2. The molecule has 0 saturated carbocycles. The third kappa shape index (κ3) is 3.22. The zero-order chi connectivity index (χ0) is 16.2. The highest BCUT2D eigenvalue weighted by atomic mass is 19.4. The lowest BCUT2D eigenvalue weighted by Crippen LogP contribution is -2.51. The highest BCUT2D eigenvalue weighted by Crippen LogP contribution is 2.38. The molecule has 0 radical (unpaired) electrons. The van der Waals surface area contributed by atoms with Crippen LogP contribution < -0.4 is 5.32 Å². The van der Waals surface area contributed by atoms with Crippen LogP contribution in [0.2, 0.25) is 0 Å². The van der Waals surface area contributed by atoms with Gasteiger partial charge in [-0.25, -0.2) is 4.98 Å². The van der Waals surface area contributed by atoms with Crippen LogP contribution in [0.3, 0.4) is 0 Å². The van der Waals surface area contributed by atoms with Crippen molar-refractivity contribution in [1.82, 2.24) is 15.3 Å².